The lowest BCUT2D eigenvalue weighted by molar-refractivity contribution is -0.122. The molecule has 1 amide bonds. The van der Waals surface area contributed by atoms with Crippen LogP contribution in [0.1, 0.15) is 27.2 Å². The van der Waals surface area contributed by atoms with Crippen molar-refractivity contribution in [2.45, 2.75) is 33.2 Å². The molecule has 0 aromatic rings. The van der Waals surface area contributed by atoms with Gasteiger partial charge in [-0.2, -0.15) is 0 Å². The molecule has 0 saturated carbocycles. The molecule has 0 aliphatic heterocycles. The van der Waals surface area contributed by atoms with E-state index in [1.54, 1.807) is 0 Å². The summed E-state index contributed by atoms with van der Waals surface area (Å²) in [6.45, 7) is 7.49. The highest BCUT2D eigenvalue weighted by Crippen LogP contribution is 1.89. The van der Waals surface area contributed by atoms with E-state index < -0.39 is 0 Å². The second-order valence-electron chi connectivity index (χ2n) is 3.89. The fourth-order valence-electron chi connectivity index (χ4n) is 0.948. The van der Waals surface area contributed by atoms with Crippen LogP contribution in [0.25, 0.3) is 0 Å². The Kier molecular flexibility index (Phi) is 7.42. The second-order valence-corrected chi connectivity index (χ2v) is 3.89. The Labute approximate surface area is 86.1 Å². The predicted molar refractivity (Wildman–Crippen MR) is 57.0 cm³/mol. The summed E-state index contributed by atoms with van der Waals surface area (Å²) in [5.41, 5.74) is 0. The van der Waals surface area contributed by atoms with E-state index in [1.165, 1.54) is 0 Å². The van der Waals surface area contributed by atoms with Crippen LogP contribution < -0.4 is 10.6 Å². The topological polar surface area (TPSA) is 61.4 Å². The van der Waals surface area contributed by atoms with Gasteiger partial charge in [-0.3, -0.25) is 4.79 Å². The molecule has 0 aliphatic carbocycles. The van der Waals surface area contributed by atoms with Crippen LogP contribution in [-0.4, -0.2) is 36.8 Å². The van der Waals surface area contributed by atoms with E-state index in [2.05, 4.69) is 24.5 Å². The number of rotatable bonds is 7. The summed E-state index contributed by atoms with van der Waals surface area (Å²) < 4.78 is 0. The van der Waals surface area contributed by atoms with Crippen LogP contribution >= 0.6 is 0 Å². The van der Waals surface area contributed by atoms with Crippen LogP contribution in [0.15, 0.2) is 0 Å². The highest BCUT2D eigenvalue weighted by molar-refractivity contribution is 5.81. The van der Waals surface area contributed by atoms with Crippen molar-refractivity contribution in [1.29, 1.82) is 0 Å². The molecular weight excluding hydrogens is 180 g/mol. The molecule has 14 heavy (non-hydrogen) atoms. The lowest BCUT2D eigenvalue weighted by atomic mass is 10.2. The maximum atomic E-state index is 11.4. The van der Waals surface area contributed by atoms with Crippen molar-refractivity contribution in [2.75, 3.05) is 19.7 Å². The Morgan fingerprint density at radius 1 is 1.36 bits per heavy atom. The Morgan fingerprint density at radius 2 is 2.00 bits per heavy atom. The first-order chi connectivity index (χ1) is 6.57. The van der Waals surface area contributed by atoms with Crippen molar-refractivity contribution in [1.82, 2.24) is 10.6 Å². The number of hydrogen-bond acceptors (Lipinski definition) is 3. The molecule has 0 spiro atoms. The summed E-state index contributed by atoms with van der Waals surface area (Å²) in [6, 6.07) is -0.180. The maximum absolute atomic E-state index is 11.4. The zero-order chi connectivity index (χ0) is 11.0. The number of carbonyl (C=O) groups is 1. The summed E-state index contributed by atoms with van der Waals surface area (Å²) in [6.07, 6.45) is 0.682. The molecular formula is C10H22N2O2. The highest BCUT2D eigenvalue weighted by atomic mass is 16.3. The van der Waals surface area contributed by atoms with Gasteiger partial charge in [-0.25, -0.2) is 0 Å². The zero-order valence-electron chi connectivity index (χ0n) is 9.34. The molecule has 0 saturated heterocycles. The van der Waals surface area contributed by atoms with Gasteiger partial charge in [0.05, 0.1) is 6.04 Å². The summed E-state index contributed by atoms with van der Waals surface area (Å²) >= 11 is 0. The SMILES string of the molecule is CC(C)CNC(=O)C(C)NCCCO. The Bertz CT molecular complexity index is 160. The quantitative estimate of drug-likeness (QED) is 0.514. The lowest BCUT2D eigenvalue weighted by Crippen LogP contribution is -2.43. The smallest absolute Gasteiger partial charge is 0.236 e. The van der Waals surface area contributed by atoms with Gasteiger partial charge < -0.3 is 15.7 Å². The first-order valence-corrected chi connectivity index (χ1v) is 5.20. The molecule has 0 heterocycles. The summed E-state index contributed by atoms with van der Waals surface area (Å²) in [5, 5.41) is 14.4. The second kappa shape index (κ2) is 7.76. The van der Waals surface area contributed by atoms with Gasteiger partial charge in [0.25, 0.3) is 0 Å². The molecule has 0 aromatic heterocycles. The fourth-order valence-corrected chi connectivity index (χ4v) is 0.948. The normalized spacial score (nSPS) is 12.9. The molecule has 0 fully saturated rings. The Hall–Kier alpha value is -0.610. The summed E-state index contributed by atoms with van der Waals surface area (Å²) in [4.78, 5) is 11.4. The molecule has 0 rings (SSSR count). The van der Waals surface area contributed by atoms with Crippen molar-refractivity contribution in [2.24, 2.45) is 5.92 Å². The monoisotopic (exact) mass is 202 g/mol. The zero-order valence-corrected chi connectivity index (χ0v) is 9.34. The van der Waals surface area contributed by atoms with Crippen molar-refractivity contribution in [3.63, 3.8) is 0 Å². The van der Waals surface area contributed by atoms with Gasteiger partial charge in [0.15, 0.2) is 0 Å². The van der Waals surface area contributed by atoms with Crippen molar-refractivity contribution in [3.05, 3.63) is 0 Å². The van der Waals surface area contributed by atoms with E-state index in [9.17, 15) is 4.79 Å². The van der Waals surface area contributed by atoms with Gasteiger partial charge in [0.1, 0.15) is 0 Å². The van der Waals surface area contributed by atoms with Crippen LogP contribution in [0.3, 0.4) is 0 Å². The highest BCUT2D eigenvalue weighted by Gasteiger charge is 2.10. The van der Waals surface area contributed by atoms with Gasteiger partial charge in [-0.1, -0.05) is 13.8 Å². The van der Waals surface area contributed by atoms with Gasteiger partial charge >= 0.3 is 0 Å². The third-order valence-electron chi connectivity index (χ3n) is 1.86. The molecule has 1 unspecified atom stereocenters. The molecule has 0 aromatic carbocycles. The molecule has 0 aliphatic rings. The largest absolute Gasteiger partial charge is 0.396 e. The average Bonchev–Trinajstić information content (AvgIpc) is 2.14. The standard InChI is InChI=1S/C10H22N2O2/c1-8(2)7-12-10(14)9(3)11-5-4-6-13/h8-9,11,13H,4-7H2,1-3H3,(H,12,14). The van der Waals surface area contributed by atoms with E-state index in [0.717, 1.165) is 0 Å². The molecule has 4 nitrogen and oxygen atoms in total. The lowest BCUT2D eigenvalue weighted by Gasteiger charge is -2.14. The van der Waals surface area contributed by atoms with Crippen LogP contribution in [0.2, 0.25) is 0 Å². The number of aliphatic hydroxyl groups is 1. The van der Waals surface area contributed by atoms with Gasteiger partial charge in [-0.05, 0) is 25.8 Å². The van der Waals surface area contributed by atoms with Gasteiger partial charge in [0, 0.05) is 13.2 Å². The third-order valence-corrected chi connectivity index (χ3v) is 1.86. The average molecular weight is 202 g/mol. The minimum atomic E-state index is -0.180. The predicted octanol–water partition coefficient (Wildman–Crippen LogP) is 0.119. The number of aliphatic hydroxyl groups excluding tert-OH is 1. The molecule has 1 atom stereocenters. The van der Waals surface area contributed by atoms with E-state index in [1.807, 2.05) is 6.92 Å². The van der Waals surface area contributed by atoms with E-state index in [-0.39, 0.29) is 18.6 Å². The maximum Gasteiger partial charge on any atom is 0.236 e. The van der Waals surface area contributed by atoms with Crippen molar-refractivity contribution in [3.8, 4) is 0 Å². The Morgan fingerprint density at radius 3 is 2.50 bits per heavy atom. The van der Waals surface area contributed by atoms with Crippen LogP contribution in [0.4, 0.5) is 0 Å². The summed E-state index contributed by atoms with van der Waals surface area (Å²) in [7, 11) is 0. The van der Waals surface area contributed by atoms with Crippen molar-refractivity contribution >= 4 is 5.91 Å². The number of carbonyl (C=O) groups excluding carboxylic acids is 1. The van der Waals surface area contributed by atoms with Gasteiger partial charge in [0.2, 0.25) is 5.91 Å². The van der Waals surface area contributed by atoms with Gasteiger partial charge in [-0.15, -0.1) is 0 Å². The molecule has 4 heteroatoms. The molecule has 3 N–H and O–H groups in total. The molecule has 84 valence electrons. The van der Waals surface area contributed by atoms with E-state index in [0.29, 0.717) is 25.4 Å². The minimum Gasteiger partial charge on any atom is -0.396 e. The first-order valence-electron chi connectivity index (χ1n) is 5.20. The van der Waals surface area contributed by atoms with Crippen LogP contribution in [-0.2, 0) is 4.79 Å². The number of nitrogens with one attached hydrogen (secondary N) is 2. The fraction of sp³-hybridized carbons (Fsp3) is 0.900. The molecule has 0 bridgehead atoms. The third kappa shape index (κ3) is 6.86. The number of amides is 1. The summed E-state index contributed by atoms with van der Waals surface area (Å²) in [5.74, 6) is 0.500. The number of hydrogen-bond donors (Lipinski definition) is 3. The van der Waals surface area contributed by atoms with E-state index >= 15 is 0 Å². The van der Waals surface area contributed by atoms with E-state index in [4.69, 9.17) is 5.11 Å². The minimum absolute atomic E-state index is 0.0247. The van der Waals surface area contributed by atoms with Crippen LogP contribution in [0.5, 0.6) is 0 Å². The van der Waals surface area contributed by atoms with Crippen LogP contribution in [0, 0.1) is 5.92 Å². The first kappa shape index (κ1) is 13.4. The van der Waals surface area contributed by atoms with Crippen molar-refractivity contribution < 1.29 is 9.90 Å². The molecule has 0 radical (unpaired) electrons. The Balaban J connectivity index is 3.54.